The zero-order valence-corrected chi connectivity index (χ0v) is 10.4. The van der Waals surface area contributed by atoms with Gasteiger partial charge in [0.25, 0.3) is 0 Å². The number of nitrogens with zero attached hydrogens (tertiary/aromatic N) is 1. The van der Waals surface area contributed by atoms with Crippen molar-refractivity contribution in [2.75, 3.05) is 0 Å². The van der Waals surface area contributed by atoms with Crippen molar-refractivity contribution < 1.29 is 4.42 Å². The van der Waals surface area contributed by atoms with Crippen LogP contribution in [-0.2, 0) is 6.42 Å². The van der Waals surface area contributed by atoms with Crippen molar-refractivity contribution >= 4 is 0 Å². The molecule has 2 atom stereocenters. The Morgan fingerprint density at radius 3 is 3.11 bits per heavy atom. The lowest BCUT2D eigenvalue weighted by Crippen LogP contribution is -2.32. The Balaban J connectivity index is 1.98. The van der Waals surface area contributed by atoms with Crippen molar-refractivity contribution in [1.82, 2.24) is 10.4 Å². The van der Waals surface area contributed by atoms with Crippen LogP contribution < -0.4 is 11.3 Å². The molecule has 0 spiro atoms. The number of aryl methyl sites for hydroxylation is 2. The molecule has 0 saturated heterocycles. The molecule has 2 heterocycles. The second-order valence-corrected chi connectivity index (χ2v) is 4.81. The van der Waals surface area contributed by atoms with Crippen LogP contribution >= 0.6 is 0 Å². The van der Waals surface area contributed by atoms with Gasteiger partial charge in [-0.05, 0) is 43.0 Å². The molecule has 4 nitrogen and oxygen atoms in total. The zero-order valence-electron chi connectivity index (χ0n) is 10.4. The van der Waals surface area contributed by atoms with Crippen LogP contribution in [0.15, 0.2) is 35.1 Å². The Bertz CT molecular complexity index is 549. The Morgan fingerprint density at radius 2 is 2.39 bits per heavy atom. The van der Waals surface area contributed by atoms with Gasteiger partial charge in [-0.3, -0.25) is 10.8 Å². The number of pyridine rings is 1. The fourth-order valence-corrected chi connectivity index (χ4v) is 2.85. The molecule has 18 heavy (non-hydrogen) atoms. The number of hydrogen-bond donors (Lipinski definition) is 2. The van der Waals surface area contributed by atoms with E-state index in [2.05, 4.69) is 16.5 Å². The molecule has 0 bridgehead atoms. The first-order valence-corrected chi connectivity index (χ1v) is 6.25. The second-order valence-electron chi connectivity index (χ2n) is 4.81. The molecule has 0 amide bonds. The van der Waals surface area contributed by atoms with Crippen LogP contribution in [0.2, 0.25) is 0 Å². The smallest absolute Gasteiger partial charge is 0.125 e. The third-order valence-electron chi connectivity index (χ3n) is 3.77. The van der Waals surface area contributed by atoms with Gasteiger partial charge in [-0.1, -0.05) is 6.07 Å². The number of hydrogen-bond acceptors (Lipinski definition) is 4. The maximum absolute atomic E-state index is 5.73. The number of fused-ring (bicyclic) bond motifs is 1. The lowest BCUT2D eigenvalue weighted by Gasteiger charge is -2.21. The van der Waals surface area contributed by atoms with E-state index in [0.717, 1.165) is 29.9 Å². The number of furan rings is 1. The number of rotatable bonds is 3. The van der Waals surface area contributed by atoms with E-state index in [-0.39, 0.29) is 12.0 Å². The normalized spacial score (nSPS) is 19.8. The fourth-order valence-electron chi connectivity index (χ4n) is 2.85. The van der Waals surface area contributed by atoms with E-state index in [1.807, 2.05) is 25.3 Å². The minimum atomic E-state index is -0.00356. The van der Waals surface area contributed by atoms with Crippen LogP contribution in [0, 0.1) is 6.92 Å². The molecule has 3 rings (SSSR count). The summed E-state index contributed by atoms with van der Waals surface area (Å²) >= 11 is 0. The SMILES string of the molecule is Cc1ccoc1C(NN)C1CCc2cccnc21. The summed E-state index contributed by atoms with van der Waals surface area (Å²) in [5.41, 5.74) is 6.50. The molecule has 0 aromatic carbocycles. The van der Waals surface area contributed by atoms with Crippen molar-refractivity contribution in [2.24, 2.45) is 5.84 Å². The third kappa shape index (κ3) is 1.74. The standard InChI is InChI=1S/C14H17N3O/c1-9-6-8-18-14(9)13(17-15)11-5-4-10-3-2-7-16-12(10)11/h2-3,6-8,11,13,17H,4-5,15H2,1H3. The molecule has 1 aliphatic rings. The van der Waals surface area contributed by atoms with E-state index in [1.165, 1.54) is 5.56 Å². The number of aromatic nitrogens is 1. The lowest BCUT2D eigenvalue weighted by molar-refractivity contribution is 0.362. The molecular formula is C14H17N3O. The van der Waals surface area contributed by atoms with Crippen LogP contribution in [0.3, 0.4) is 0 Å². The van der Waals surface area contributed by atoms with E-state index in [4.69, 9.17) is 10.3 Å². The molecule has 94 valence electrons. The molecule has 1 aliphatic carbocycles. The molecule has 0 fully saturated rings. The van der Waals surface area contributed by atoms with Crippen molar-refractivity contribution in [1.29, 1.82) is 0 Å². The van der Waals surface area contributed by atoms with E-state index >= 15 is 0 Å². The van der Waals surface area contributed by atoms with Crippen molar-refractivity contribution in [3.8, 4) is 0 Å². The van der Waals surface area contributed by atoms with Crippen molar-refractivity contribution in [2.45, 2.75) is 31.7 Å². The highest BCUT2D eigenvalue weighted by Gasteiger charge is 2.33. The van der Waals surface area contributed by atoms with Gasteiger partial charge in [0.05, 0.1) is 12.3 Å². The first-order valence-electron chi connectivity index (χ1n) is 6.25. The summed E-state index contributed by atoms with van der Waals surface area (Å²) in [4.78, 5) is 4.51. The minimum Gasteiger partial charge on any atom is -0.467 e. The summed E-state index contributed by atoms with van der Waals surface area (Å²) in [5, 5.41) is 0. The molecule has 0 aliphatic heterocycles. The third-order valence-corrected chi connectivity index (χ3v) is 3.77. The first kappa shape index (κ1) is 11.4. The molecule has 0 saturated carbocycles. The summed E-state index contributed by atoms with van der Waals surface area (Å²) in [6.07, 6.45) is 5.68. The van der Waals surface area contributed by atoms with E-state index in [0.29, 0.717) is 0 Å². The van der Waals surface area contributed by atoms with E-state index < -0.39 is 0 Å². The van der Waals surface area contributed by atoms with E-state index in [1.54, 1.807) is 6.26 Å². The van der Waals surface area contributed by atoms with Gasteiger partial charge in [-0.2, -0.15) is 0 Å². The number of hydrazine groups is 1. The van der Waals surface area contributed by atoms with Crippen molar-refractivity contribution in [3.05, 3.63) is 53.2 Å². The van der Waals surface area contributed by atoms with Gasteiger partial charge in [0.1, 0.15) is 5.76 Å². The molecule has 2 unspecified atom stereocenters. The Morgan fingerprint density at radius 1 is 1.50 bits per heavy atom. The van der Waals surface area contributed by atoms with Crippen LogP contribution in [-0.4, -0.2) is 4.98 Å². The Hall–Kier alpha value is -1.65. The zero-order chi connectivity index (χ0) is 12.5. The van der Waals surface area contributed by atoms with Crippen LogP contribution in [0.1, 0.15) is 41.0 Å². The van der Waals surface area contributed by atoms with Crippen LogP contribution in [0.5, 0.6) is 0 Å². The maximum Gasteiger partial charge on any atom is 0.125 e. The fraction of sp³-hybridized carbons (Fsp3) is 0.357. The van der Waals surface area contributed by atoms with Gasteiger partial charge in [-0.15, -0.1) is 0 Å². The first-order chi connectivity index (χ1) is 8.81. The van der Waals surface area contributed by atoms with Gasteiger partial charge in [-0.25, -0.2) is 5.43 Å². The predicted molar refractivity (Wildman–Crippen MR) is 68.8 cm³/mol. The summed E-state index contributed by atoms with van der Waals surface area (Å²) < 4.78 is 5.57. The average Bonchev–Trinajstić information content (AvgIpc) is 2.99. The quantitative estimate of drug-likeness (QED) is 0.641. The van der Waals surface area contributed by atoms with Gasteiger partial charge in [0, 0.05) is 17.8 Å². The summed E-state index contributed by atoms with van der Waals surface area (Å²) in [5.74, 6) is 6.94. The Labute approximate surface area is 106 Å². The average molecular weight is 243 g/mol. The topological polar surface area (TPSA) is 64.1 Å². The van der Waals surface area contributed by atoms with E-state index in [9.17, 15) is 0 Å². The minimum absolute atomic E-state index is 0.00356. The van der Waals surface area contributed by atoms with Crippen molar-refractivity contribution in [3.63, 3.8) is 0 Å². The summed E-state index contributed by atoms with van der Waals surface area (Å²) in [6.45, 7) is 2.04. The summed E-state index contributed by atoms with van der Waals surface area (Å²) in [6, 6.07) is 6.10. The van der Waals surface area contributed by atoms with Crippen LogP contribution in [0.4, 0.5) is 0 Å². The largest absolute Gasteiger partial charge is 0.467 e. The Kier molecular flexibility index (Phi) is 2.89. The maximum atomic E-state index is 5.73. The molecule has 2 aromatic rings. The molecule has 4 heteroatoms. The highest BCUT2D eigenvalue weighted by Crippen LogP contribution is 2.40. The van der Waals surface area contributed by atoms with Gasteiger partial charge in [0.15, 0.2) is 0 Å². The van der Waals surface area contributed by atoms with Gasteiger partial charge < -0.3 is 4.42 Å². The lowest BCUT2D eigenvalue weighted by atomic mass is 9.94. The highest BCUT2D eigenvalue weighted by molar-refractivity contribution is 5.32. The van der Waals surface area contributed by atoms with Crippen LogP contribution in [0.25, 0.3) is 0 Å². The highest BCUT2D eigenvalue weighted by atomic mass is 16.3. The number of nitrogens with two attached hydrogens (primary N) is 1. The molecular weight excluding hydrogens is 226 g/mol. The van der Waals surface area contributed by atoms with Gasteiger partial charge >= 0.3 is 0 Å². The number of nitrogens with one attached hydrogen (secondary N) is 1. The second kappa shape index (κ2) is 4.55. The summed E-state index contributed by atoms with van der Waals surface area (Å²) in [7, 11) is 0. The molecule has 3 N–H and O–H groups in total. The monoisotopic (exact) mass is 243 g/mol. The molecule has 2 aromatic heterocycles. The molecule has 0 radical (unpaired) electrons. The predicted octanol–water partition coefficient (Wildman–Crippen LogP) is 2.22. The van der Waals surface area contributed by atoms with Gasteiger partial charge in [0.2, 0.25) is 0 Å².